The molecule has 8 nitrogen and oxygen atoms in total. The molecule has 3 aromatic rings. The Morgan fingerprint density at radius 2 is 1.73 bits per heavy atom. The van der Waals surface area contributed by atoms with Crippen molar-refractivity contribution in [1.82, 2.24) is 15.1 Å². The second kappa shape index (κ2) is 14.0. The maximum absolute atomic E-state index is 13.6. The molecule has 1 saturated carbocycles. The number of rotatable bonds is 12. The Labute approximate surface area is 240 Å². The molecule has 9 heteroatoms. The van der Waals surface area contributed by atoms with Gasteiger partial charge in [0.2, 0.25) is 0 Å². The van der Waals surface area contributed by atoms with E-state index in [-0.39, 0.29) is 36.5 Å². The van der Waals surface area contributed by atoms with Gasteiger partial charge < -0.3 is 19.5 Å². The van der Waals surface area contributed by atoms with Crippen LogP contribution in [-0.4, -0.2) is 42.5 Å². The summed E-state index contributed by atoms with van der Waals surface area (Å²) in [6.07, 6.45) is 6.12. The molecule has 218 valence electrons. The van der Waals surface area contributed by atoms with Crippen LogP contribution < -0.4 is 14.8 Å². The lowest BCUT2D eigenvalue weighted by atomic mass is 10.1. The molecule has 0 aliphatic heterocycles. The van der Waals surface area contributed by atoms with E-state index < -0.39 is 11.9 Å². The van der Waals surface area contributed by atoms with E-state index >= 15 is 0 Å². The van der Waals surface area contributed by atoms with Crippen molar-refractivity contribution in [2.24, 2.45) is 5.92 Å². The summed E-state index contributed by atoms with van der Waals surface area (Å²) in [6.45, 7) is 4.19. The van der Waals surface area contributed by atoms with E-state index in [4.69, 9.17) is 19.3 Å². The third-order valence-corrected chi connectivity index (χ3v) is 7.01. The number of methoxy groups -OCH3 is 2. The Morgan fingerprint density at radius 1 is 1.07 bits per heavy atom. The monoisotopic (exact) mass is 563 g/mol. The van der Waals surface area contributed by atoms with Crippen molar-refractivity contribution in [3.8, 4) is 22.8 Å². The second-order valence-corrected chi connectivity index (χ2v) is 10.6. The molecule has 41 heavy (non-hydrogen) atoms. The normalized spacial score (nSPS) is 13.9. The molecule has 1 heterocycles. The lowest BCUT2D eigenvalue weighted by molar-refractivity contribution is -0.143. The first-order valence-electron chi connectivity index (χ1n) is 14.0. The maximum Gasteiger partial charge on any atom is 0.311 e. The Bertz CT molecular complexity index is 1350. The number of hydrogen-bond acceptors (Lipinski definition) is 6. The van der Waals surface area contributed by atoms with Gasteiger partial charge in [-0.3, -0.25) is 14.3 Å². The second-order valence-electron chi connectivity index (χ2n) is 10.6. The van der Waals surface area contributed by atoms with Crippen LogP contribution in [0.4, 0.5) is 4.39 Å². The molecule has 1 aliphatic rings. The number of carbonyl (C=O) groups is 2. The molecule has 0 saturated heterocycles. The van der Waals surface area contributed by atoms with Crippen molar-refractivity contribution < 1.29 is 28.2 Å². The number of aromatic nitrogens is 2. The summed E-state index contributed by atoms with van der Waals surface area (Å²) in [6, 6.07) is 13.5. The van der Waals surface area contributed by atoms with Crippen molar-refractivity contribution in [3.05, 3.63) is 77.4 Å². The van der Waals surface area contributed by atoms with Crippen molar-refractivity contribution in [1.29, 1.82) is 0 Å². The number of ether oxygens (including phenoxy) is 3. The minimum Gasteiger partial charge on any atom is -0.496 e. The molecule has 0 bridgehead atoms. The zero-order chi connectivity index (χ0) is 29.4. The minimum atomic E-state index is -0.445. The number of amides is 1. The van der Waals surface area contributed by atoms with Crippen LogP contribution in [0, 0.1) is 11.7 Å². The van der Waals surface area contributed by atoms with Crippen LogP contribution in [0.5, 0.6) is 11.5 Å². The summed E-state index contributed by atoms with van der Waals surface area (Å²) in [7, 11) is 3.19. The van der Waals surface area contributed by atoms with Crippen molar-refractivity contribution in [2.45, 2.75) is 58.4 Å². The Balaban J connectivity index is 1.65. The standard InChI is InChI=1S/C32H38FN3O5/c1-21(2)20-41-30(37)18-24(17-14-22-12-15-23(33)16-13-22)34-32(38)26-19-27(36(35-26)25-8-5-6-9-25)31-28(39-3)10-7-11-29(31)40-4/h7,10-13,15-17,19,21,25H,5-6,8-9,14,18,20H2,1-4H3,(H,34,38)/b24-17+. The maximum atomic E-state index is 13.6. The summed E-state index contributed by atoms with van der Waals surface area (Å²) in [5, 5.41) is 7.63. The van der Waals surface area contributed by atoms with Gasteiger partial charge >= 0.3 is 5.97 Å². The van der Waals surface area contributed by atoms with Crippen molar-refractivity contribution in [3.63, 3.8) is 0 Å². The minimum absolute atomic E-state index is 0.115. The first kappa shape index (κ1) is 29.8. The van der Waals surface area contributed by atoms with Gasteiger partial charge in [-0.05, 0) is 61.1 Å². The summed E-state index contributed by atoms with van der Waals surface area (Å²) in [5.41, 5.74) is 2.89. The molecule has 0 radical (unpaired) electrons. The van der Waals surface area contributed by atoms with Crippen molar-refractivity contribution >= 4 is 11.9 Å². The molecule has 1 fully saturated rings. The molecule has 0 spiro atoms. The average molecular weight is 564 g/mol. The van der Waals surface area contributed by atoms with Gasteiger partial charge in [-0.25, -0.2) is 4.39 Å². The number of nitrogens with zero attached hydrogens (tertiary/aromatic N) is 2. The molecule has 1 N–H and O–H groups in total. The molecule has 4 rings (SSSR count). The molecular formula is C32H38FN3O5. The number of benzene rings is 2. The van der Waals surface area contributed by atoms with Gasteiger partial charge in [-0.15, -0.1) is 0 Å². The van der Waals surface area contributed by atoms with E-state index in [2.05, 4.69) is 5.32 Å². The fourth-order valence-corrected chi connectivity index (χ4v) is 4.93. The van der Waals surface area contributed by atoms with E-state index in [0.717, 1.165) is 42.5 Å². The summed E-state index contributed by atoms with van der Waals surface area (Å²) in [4.78, 5) is 26.2. The van der Waals surface area contributed by atoms with E-state index in [1.54, 1.807) is 38.5 Å². The number of hydrogen-bond donors (Lipinski definition) is 1. The predicted molar refractivity (Wildman–Crippen MR) is 154 cm³/mol. The number of carbonyl (C=O) groups excluding carboxylic acids is 2. The van der Waals surface area contributed by atoms with Gasteiger partial charge in [-0.2, -0.15) is 5.10 Å². The lowest BCUT2D eigenvalue weighted by Crippen LogP contribution is -2.26. The Kier molecular flexibility index (Phi) is 10.2. The highest BCUT2D eigenvalue weighted by Gasteiger charge is 2.27. The lowest BCUT2D eigenvalue weighted by Gasteiger charge is -2.18. The number of allylic oxidation sites excluding steroid dienone is 1. The third kappa shape index (κ3) is 7.74. The Hall–Kier alpha value is -4.14. The van der Waals surface area contributed by atoms with Gasteiger partial charge in [0.15, 0.2) is 5.69 Å². The fraction of sp³-hybridized carbons (Fsp3) is 0.406. The van der Waals surface area contributed by atoms with Crippen LogP contribution in [0.3, 0.4) is 0 Å². The molecule has 1 amide bonds. The smallest absolute Gasteiger partial charge is 0.311 e. The van der Waals surface area contributed by atoms with Gasteiger partial charge in [-0.1, -0.05) is 51.0 Å². The fourth-order valence-electron chi connectivity index (χ4n) is 4.93. The summed E-state index contributed by atoms with van der Waals surface area (Å²) >= 11 is 0. The van der Waals surface area contributed by atoms with Gasteiger partial charge in [0.25, 0.3) is 5.91 Å². The molecule has 2 aromatic carbocycles. The zero-order valence-electron chi connectivity index (χ0n) is 24.1. The zero-order valence-corrected chi connectivity index (χ0v) is 24.1. The van der Waals surface area contributed by atoms with Crippen LogP contribution in [0.15, 0.2) is 60.3 Å². The van der Waals surface area contributed by atoms with Crippen LogP contribution in [-0.2, 0) is 16.0 Å². The highest BCUT2D eigenvalue weighted by Crippen LogP contribution is 2.41. The van der Waals surface area contributed by atoms with Gasteiger partial charge in [0.1, 0.15) is 17.3 Å². The van der Waals surface area contributed by atoms with Gasteiger partial charge in [0, 0.05) is 5.70 Å². The van der Waals surface area contributed by atoms with E-state index in [9.17, 15) is 14.0 Å². The summed E-state index contributed by atoms with van der Waals surface area (Å²) < 4.78 is 31.9. The van der Waals surface area contributed by atoms with Crippen LogP contribution in [0.2, 0.25) is 0 Å². The summed E-state index contributed by atoms with van der Waals surface area (Å²) in [5.74, 6) is 0.194. The van der Waals surface area contributed by atoms with E-state index in [1.165, 1.54) is 12.1 Å². The topological polar surface area (TPSA) is 91.7 Å². The largest absolute Gasteiger partial charge is 0.496 e. The molecule has 1 aliphatic carbocycles. The Morgan fingerprint density at radius 3 is 2.34 bits per heavy atom. The van der Waals surface area contributed by atoms with Crippen molar-refractivity contribution in [2.75, 3.05) is 20.8 Å². The SMILES string of the molecule is COc1cccc(OC)c1-c1cc(C(=O)N/C(=C/Cc2ccc(F)cc2)CC(=O)OCC(C)C)nn1C1CCCC1. The van der Waals surface area contributed by atoms with Crippen LogP contribution in [0.1, 0.15) is 68.0 Å². The van der Waals surface area contributed by atoms with E-state index in [1.807, 2.05) is 36.7 Å². The number of nitrogens with one attached hydrogen (secondary N) is 1. The number of esters is 1. The average Bonchev–Trinajstić information content (AvgIpc) is 3.65. The highest BCUT2D eigenvalue weighted by molar-refractivity contribution is 5.95. The first-order valence-corrected chi connectivity index (χ1v) is 14.0. The van der Waals surface area contributed by atoms with Crippen LogP contribution in [0.25, 0.3) is 11.3 Å². The number of halogens is 1. The highest BCUT2D eigenvalue weighted by atomic mass is 19.1. The quantitative estimate of drug-likeness (QED) is 0.261. The first-order chi connectivity index (χ1) is 19.8. The molecular weight excluding hydrogens is 525 g/mol. The van der Waals surface area contributed by atoms with Crippen LogP contribution >= 0.6 is 0 Å². The predicted octanol–water partition coefficient (Wildman–Crippen LogP) is 6.27. The molecule has 0 unspecified atom stereocenters. The van der Waals surface area contributed by atoms with Gasteiger partial charge in [0.05, 0.1) is 44.5 Å². The van der Waals surface area contributed by atoms with E-state index in [0.29, 0.717) is 23.6 Å². The third-order valence-electron chi connectivity index (χ3n) is 7.01. The molecule has 0 atom stereocenters. The molecule has 1 aromatic heterocycles.